The van der Waals surface area contributed by atoms with Crippen LogP contribution < -0.4 is 10.1 Å². The summed E-state index contributed by atoms with van der Waals surface area (Å²) in [4.78, 5) is 27.0. The van der Waals surface area contributed by atoms with Gasteiger partial charge in [0, 0.05) is 24.2 Å². The number of rotatable bonds is 10. The Morgan fingerprint density at radius 3 is 2.67 bits per heavy atom. The van der Waals surface area contributed by atoms with Gasteiger partial charge in [0.05, 0.1) is 12.8 Å². The van der Waals surface area contributed by atoms with Crippen molar-refractivity contribution in [3.05, 3.63) is 85.1 Å². The van der Waals surface area contributed by atoms with Crippen LogP contribution in [0.4, 0.5) is 5.69 Å². The van der Waals surface area contributed by atoms with Crippen molar-refractivity contribution in [2.75, 3.05) is 18.5 Å². The maximum absolute atomic E-state index is 12.9. The van der Waals surface area contributed by atoms with Gasteiger partial charge in [0.1, 0.15) is 22.5 Å². The Hall–Kier alpha value is -4.11. The van der Waals surface area contributed by atoms with Gasteiger partial charge in [-0.05, 0) is 43.3 Å². The summed E-state index contributed by atoms with van der Waals surface area (Å²) in [6, 6.07) is 20.5. The average molecular weight is 503 g/mol. The zero-order valence-electron chi connectivity index (χ0n) is 19.8. The van der Waals surface area contributed by atoms with Gasteiger partial charge in [-0.3, -0.25) is 14.5 Å². The van der Waals surface area contributed by atoms with Crippen molar-refractivity contribution < 1.29 is 18.7 Å². The van der Waals surface area contributed by atoms with Crippen LogP contribution in [0.1, 0.15) is 19.1 Å². The predicted molar refractivity (Wildman–Crippen MR) is 143 cm³/mol. The molecule has 3 aromatic rings. The molecule has 1 atom stereocenters. The molecule has 1 saturated heterocycles. The highest BCUT2D eigenvalue weighted by Gasteiger charge is 2.38. The number of hydrogen-bond acceptors (Lipinski definition) is 7. The van der Waals surface area contributed by atoms with E-state index in [1.165, 1.54) is 22.9 Å². The van der Waals surface area contributed by atoms with Crippen LogP contribution >= 0.6 is 11.8 Å². The molecule has 9 heteroatoms. The summed E-state index contributed by atoms with van der Waals surface area (Å²) in [5.41, 5.74) is 1.59. The van der Waals surface area contributed by atoms with Gasteiger partial charge >= 0.3 is 0 Å². The lowest BCUT2D eigenvalue weighted by Crippen LogP contribution is -2.33. The number of amidine groups is 1. The molecule has 2 heterocycles. The topological polar surface area (TPSA) is 96.5 Å². The van der Waals surface area contributed by atoms with E-state index in [-0.39, 0.29) is 24.8 Å². The first-order valence-corrected chi connectivity index (χ1v) is 12.3. The minimum Gasteiger partial charge on any atom is -0.494 e. The second kappa shape index (κ2) is 12.0. The highest BCUT2D eigenvalue weighted by Crippen LogP contribution is 2.30. The molecular formula is C27H26N4O4S. The summed E-state index contributed by atoms with van der Waals surface area (Å²) in [6.07, 6.45) is 3.10. The number of benzene rings is 2. The van der Waals surface area contributed by atoms with E-state index >= 15 is 0 Å². The molecule has 1 N–H and O–H groups in total. The third-order valence-corrected chi connectivity index (χ3v) is 6.33. The Bertz CT molecular complexity index is 1270. The highest BCUT2D eigenvalue weighted by molar-refractivity contribution is 8.15. The number of carbonyl (C=O) groups is 2. The number of ether oxygens (including phenoxy) is 1. The number of carbonyl (C=O) groups excluding carboxylic acids is 2. The number of amides is 2. The van der Waals surface area contributed by atoms with Crippen LogP contribution in [0.2, 0.25) is 0 Å². The summed E-state index contributed by atoms with van der Waals surface area (Å²) >= 11 is 1.21. The van der Waals surface area contributed by atoms with Crippen molar-refractivity contribution in [3.63, 3.8) is 0 Å². The van der Waals surface area contributed by atoms with Crippen molar-refractivity contribution in [1.82, 2.24) is 4.90 Å². The first-order valence-electron chi connectivity index (χ1n) is 11.4. The van der Waals surface area contributed by atoms with E-state index in [1.807, 2.05) is 43.3 Å². The zero-order valence-corrected chi connectivity index (χ0v) is 20.6. The molecule has 0 spiro atoms. The summed E-state index contributed by atoms with van der Waals surface area (Å²) in [5.74, 6) is 1.51. The molecule has 1 unspecified atom stereocenters. The smallest absolute Gasteiger partial charge is 0.243 e. The summed E-state index contributed by atoms with van der Waals surface area (Å²) in [6.45, 7) is 6.46. The highest BCUT2D eigenvalue weighted by atomic mass is 32.2. The number of nitrogens with zero attached hydrogens (tertiary/aromatic N) is 3. The van der Waals surface area contributed by atoms with Gasteiger partial charge in [0.2, 0.25) is 11.8 Å². The van der Waals surface area contributed by atoms with E-state index in [1.54, 1.807) is 36.4 Å². The first kappa shape index (κ1) is 25.0. The lowest BCUT2D eigenvalue weighted by atomic mass is 10.2. The van der Waals surface area contributed by atoms with E-state index in [0.29, 0.717) is 23.2 Å². The third kappa shape index (κ3) is 6.31. The monoisotopic (exact) mass is 502 g/mol. The van der Waals surface area contributed by atoms with Crippen LogP contribution in [-0.4, -0.2) is 46.5 Å². The molecule has 4 rings (SSSR count). The standard InChI is InChI=1S/C27H26N4O4S/c1-3-16-31-26(33)24(17-25(32)29-20-10-12-21(13-11-20)34-4-2)36-27(31)30-28-18-22-14-15-23(35-22)19-8-6-5-7-9-19/h3,5-15,18,24H,1,4,16-17H2,2H3,(H,29,32)/b28-18+,30-27-. The Morgan fingerprint density at radius 2 is 1.94 bits per heavy atom. The lowest BCUT2D eigenvalue weighted by Gasteiger charge is -2.13. The van der Waals surface area contributed by atoms with E-state index in [4.69, 9.17) is 9.15 Å². The molecular weight excluding hydrogens is 476 g/mol. The molecule has 0 aliphatic carbocycles. The number of nitrogens with one attached hydrogen (secondary N) is 1. The molecule has 1 aliphatic rings. The van der Waals surface area contributed by atoms with E-state index in [2.05, 4.69) is 22.1 Å². The van der Waals surface area contributed by atoms with Crippen LogP contribution in [0.3, 0.4) is 0 Å². The molecule has 8 nitrogen and oxygen atoms in total. The van der Waals surface area contributed by atoms with Gasteiger partial charge in [0.15, 0.2) is 5.17 Å². The fourth-order valence-corrected chi connectivity index (χ4v) is 4.61. The van der Waals surface area contributed by atoms with E-state index < -0.39 is 5.25 Å². The molecule has 1 aromatic heterocycles. The second-order valence-corrected chi connectivity index (χ2v) is 8.92. The lowest BCUT2D eigenvalue weighted by molar-refractivity contribution is -0.127. The fourth-order valence-electron chi connectivity index (χ4n) is 3.51. The van der Waals surface area contributed by atoms with Crippen LogP contribution in [0.5, 0.6) is 5.75 Å². The molecule has 0 bridgehead atoms. The third-order valence-electron chi connectivity index (χ3n) is 5.16. The fraction of sp³-hybridized carbons (Fsp3) is 0.185. The number of hydrogen-bond donors (Lipinski definition) is 1. The van der Waals surface area contributed by atoms with Crippen LogP contribution in [0.15, 0.2) is 94.0 Å². The molecule has 0 radical (unpaired) electrons. The van der Waals surface area contributed by atoms with Gasteiger partial charge in [0.25, 0.3) is 0 Å². The van der Waals surface area contributed by atoms with Gasteiger partial charge in [-0.15, -0.1) is 11.7 Å². The molecule has 184 valence electrons. The average Bonchev–Trinajstić information content (AvgIpc) is 3.47. The molecule has 1 aliphatic heterocycles. The van der Waals surface area contributed by atoms with Gasteiger partial charge < -0.3 is 14.5 Å². The molecule has 36 heavy (non-hydrogen) atoms. The van der Waals surface area contributed by atoms with E-state index in [0.717, 1.165) is 17.1 Å². The van der Waals surface area contributed by atoms with Gasteiger partial charge in [-0.2, -0.15) is 5.10 Å². The van der Waals surface area contributed by atoms with Crippen molar-refractivity contribution in [3.8, 4) is 17.1 Å². The predicted octanol–water partition coefficient (Wildman–Crippen LogP) is 5.19. The van der Waals surface area contributed by atoms with Crippen LogP contribution in [0.25, 0.3) is 11.3 Å². The van der Waals surface area contributed by atoms with Crippen LogP contribution in [0, 0.1) is 0 Å². The Labute approximate surface area is 213 Å². The Balaban J connectivity index is 1.39. The number of furan rings is 1. The Morgan fingerprint density at radius 1 is 1.17 bits per heavy atom. The van der Waals surface area contributed by atoms with Crippen molar-refractivity contribution in [1.29, 1.82) is 0 Å². The van der Waals surface area contributed by atoms with Crippen molar-refractivity contribution in [2.24, 2.45) is 10.2 Å². The van der Waals surface area contributed by atoms with E-state index in [9.17, 15) is 9.59 Å². The summed E-state index contributed by atoms with van der Waals surface area (Å²) in [7, 11) is 0. The quantitative estimate of drug-likeness (QED) is 0.234. The van der Waals surface area contributed by atoms with Gasteiger partial charge in [-0.1, -0.05) is 48.2 Å². The van der Waals surface area contributed by atoms with Crippen LogP contribution in [-0.2, 0) is 9.59 Å². The minimum atomic E-state index is -0.602. The Kier molecular flexibility index (Phi) is 8.36. The van der Waals surface area contributed by atoms with Crippen molar-refractivity contribution >= 4 is 40.6 Å². The number of thioether (sulfide) groups is 1. The minimum absolute atomic E-state index is 0.00566. The molecule has 2 amide bonds. The summed E-state index contributed by atoms with van der Waals surface area (Å²) < 4.78 is 11.2. The van der Waals surface area contributed by atoms with Crippen molar-refractivity contribution in [2.45, 2.75) is 18.6 Å². The maximum atomic E-state index is 12.9. The van der Waals surface area contributed by atoms with Gasteiger partial charge in [-0.25, -0.2) is 0 Å². The normalized spacial score (nSPS) is 16.6. The second-order valence-electron chi connectivity index (χ2n) is 7.75. The number of anilines is 1. The molecule has 1 fully saturated rings. The zero-order chi connectivity index (χ0) is 25.3. The summed E-state index contributed by atoms with van der Waals surface area (Å²) in [5, 5.41) is 11.0. The molecule has 2 aromatic carbocycles. The largest absolute Gasteiger partial charge is 0.494 e. The molecule has 0 saturated carbocycles. The first-order chi connectivity index (χ1) is 17.6. The maximum Gasteiger partial charge on any atom is 0.243 e. The SMILES string of the molecule is C=CCN1C(=O)C(CC(=O)Nc2ccc(OCC)cc2)S/C1=N\N=C\c1ccc(-c2ccccc2)o1.